The van der Waals surface area contributed by atoms with Crippen molar-refractivity contribution in [1.29, 1.82) is 0 Å². The second-order valence-corrected chi connectivity index (χ2v) is 3.98. The molecule has 0 radical (unpaired) electrons. The van der Waals surface area contributed by atoms with Crippen molar-refractivity contribution >= 4 is 28.4 Å². The summed E-state index contributed by atoms with van der Waals surface area (Å²) < 4.78 is 0. The van der Waals surface area contributed by atoms with Crippen molar-refractivity contribution in [3.8, 4) is 0 Å². The number of anilines is 1. The van der Waals surface area contributed by atoms with Gasteiger partial charge in [0.15, 0.2) is 0 Å². The molecule has 0 fully saturated rings. The molecule has 106 valence electrons. The van der Waals surface area contributed by atoms with E-state index in [1.807, 2.05) is 0 Å². The smallest absolute Gasteiger partial charge is 0.294 e. The lowest BCUT2D eigenvalue weighted by atomic mass is 10.2. The largest absolute Gasteiger partial charge is 0.393 e. The van der Waals surface area contributed by atoms with Crippen LogP contribution in [0.4, 0.5) is 28.4 Å². The summed E-state index contributed by atoms with van der Waals surface area (Å²) in [6, 6.07) is 9.56. The van der Waals surface area contributed by atoms with Crippen molar-refractivity contribution in [3.05, 3.63) is 62.7 Å². The molecule has 2 rings (SSSR count). The van der Waals surface area contributed by atoms with E-state index >= 15 is 0 Å². The quantitative estimate of drug-likeness (QED) is 0.397. The van der Waals surface area contributed by atoms with Crippen molar-refractivity contribution in [3.63, 3.8) is 0 Å². The zero-order valence-corrected chi connectivity index (χ0v) is 10.5. The molecule has 9 heteroatoms. The second-order valence-electron chi connectivity index (χ2n) is 3.98. The Morgan fingerprint density at radius 2 is 1.57 bits per heavy atom. The first kappa shape index (κ1) is 14.1. The Balaban J connectivity index is 2.29. The van der Waals surface area contributed by atoms with Crippen LogP contribution in [-0.2, 0) is 0 Å². The summed E-state index contributed by atoms with van der Waals surface area (Å²) in [5.74, 6) is 0. The van der Waals surface area contributed by atoms with Crippen LogP contribution in [0.5, 0.6) is 0 Å². The molecule has 9 nitrogen and oxygen atoms in total. The zero-order valence-electron chi connectivity index (χ0n) is 10.5. The van der Waals surface area contributed by atoms with E-state index in [2.05, 4.69) is 10.2 Å². The molecule has 0 saturated carbocycles. The summed E-state index contributed by atoms with van der Waals surface area (Å²) in [5.41, 5.74) is 5.59. The molecule has 0 spiro atoms. The van der Waals surface area contributed by atoms with Gasteiger partial charge in [-0.05, 0) is 18.2 Å². The van der Waals surface area contributed by atoms with Gasteiger partial charge in [-0.25, -0.2) is 0 Å². The highest BCUT2D eigenvalue weighted by molar-refractivity contribution is 5.63. The number of hydrogen-bond donors (Lipinski definition) is 1. The minimum Gasteiger partial charge on any atom is -0.393 e. The maximum atomic E-state index is 10.7. The number of nitro benzene ring substituents is 2. The first-order valence-corrected chi connectivity index (χ1v) is 5.67. The van der Waals surface area contributed by atoms with Gasteiger partial charge in [0.25, 0.3) is 11.4 Å². The lowest BCUT2D eigenvalue weighted by Gasteiger charge is -1.98. The van der Waals surface area contributed by atoms with Gasteiger partial charge in [0, 0.05) is 18.2 Å². The molecule has 21 heavy (non-hydrogen) atoms. The van der Waals surface area contributed by atoms with Gasteiger partial charge in [-0.1, -0.05) is 6.07 Å². The molecule has 0 atom stereocenters. The van der Waals surface area contributed by atoms with Gasteiger partial charge in [0.2, 0.25) is 0 Å². The zero-order chi connectivity index (χ0) is 15.4. The summed E-state index contributed by atoms with van der Waals surface area (Å²) in [4.78, 5) is 20.2. The van der Waals surface area contributed by atoms with Crippen LogP contribution in [0.1, 0.15) is 0 Å². The van der Waals surface area contributed by atoms with Gasteiger partial charge in [-0.15, -0.1) is 0 Å². The van der Waals surface area contributed by atoms with Crippen molar-refractivity contribution in [2.75, 3.05) is 5.73 Å². The summed E-state index contributed by atoms with van der Waals surface area (Å²) >= 11 is 0. The monoisotopic (exact) mass is 287 g/mol. The Morgan fingerprint density at radius 3 is 2.19 bits per heavy atom. The summed E-state index contributed by atoms with van der Waals surface area (Å²) in [6.45, 7) is 0. The molecule has 0 amide bonds. The topological polar surface area (TPSA) is 137 Å². The van der Waals surface area contributed by atoms with Gasteiger partial charge in [-0.2, -0.15) is 10.2 Å². The SMILES string of the molecule is Nc1ccc(/N=N/c2cccc([N+](=O)[O-])c2)cc1[N+](=O)[O-]. The van der Waals surface area contributed by atoms with Crippen LogP contribution in [0.3, 0.4) is 0 Å². The van der Waals surface area contributed by atoms with Gasteiger partial charge in [-0.3, -0.25) is 20.2 Å². The Kier molecular flexibility index (Phi) is 3.84. The highest BCUT2D eigenvalue weighted by atomic mass is 16.6. The minimum absolute atomic E-state index is 0.0225. The predicted octanol–water partition coefficient (Wildman–Crippen LogP) is 3.50. The lowest BCUT2D eigenvalue weighted by molar-refractivity contribution is -0.384. The van der Waals surface area contributed by atoms with E-state index in [0.717, 1.165) is 0 Å². The Labute approximate surface area is 118 Å². The molecular formula is C12H9N5O4. The number of azo groups is 1. The van der Waals surface area contributed by atoms with Crippen molar-refractivity contribution in [1.82, 2.24) is 0 Å². The van der Waals surface area contributed by atoms with E-state index in [1.54, 1.807) is 0 Å². The molecule has 2 aromatic rings. The molecule has 0 aliphatic carbocycles. The molecule has 0 aliphatic heterocycles. The van der Waals surface area contributed by atoms with Crippen LogP contribution in [0.25, 0.3) is 0 Å². The number of nitrogens with zero attached hydrogens (tertiary/aromatic N) is 4. The second kappa shape index (κ2) is 5.74. The highest BCUT2D eigenvalue weighted by Crippen LogP contribution is 2.28. The fourth-order valence-corrected chi connectivity index (χ4v) is 1.54. The van der Waals surface area contributed by atoms with Crippen LogP contribution in [-0.4, -0.2) is 9.85 Å². The highest BCUT2D eigenvalue weighted by Gasteiger charge is 2.11. The van der Waals surface area contributed by atoms with E-state index in [-0.39, 0.29) is 28.4 Å². The lowest BCUT2D eigenvalue weighted by Crippen LogP contribution is -1.94. The summed E-state index contributed by atoms with van der Waals surface area (Å²) in [5, 5.41) is 29.0. The maximum Gasteiger partial charge on any atom is 0.294 e. The first-order valence-electron chi connectivity index (χ1n) is 5.67. The Hall–Kier alpha value is -3.36. The molecule has 0 aliphatic rings. The van der Waals surface area contributed by atoms with E-state index in [4.69, 9.17) is 5.73 Å². The normalized spacial score (nSPS) is 10.7. The van der Waals surface area contributed by atoms with E-state index in [0.29, 0.717) is 0 Å². The third-order valence-corrected chi connectivity index (χ3v) is 2.53. The van der Waals surface area contributed by atoms with Crippen LogP contribution >= 0.6 is 0 Å². The fraction of sp³-hybridized carbons (Fsp3) is 0. The van der Waals surface area contributed by atoms with Gasteiger partial charge < -0.3 is 5.73 Å². The molecule has 0 heterocycles. The molecule has 0 saturated heterocycles. The minimum atomic E-state index is -0.623. The fourth-order valence-electron chi connectivity index (χ4n) is 1.54. The van der Waals surface area contributed by atoms with Crippen molar-refractivity contribution < 1.29 is 9.85 Å². The van der Waals surface area contributed by atoms with Crippen molar-refractivity contribution in [2.24, 2.45) is 10.2 Å². The number of nitrogens with two attached hydrogens (primary N) is 1. The number of rotatable bonds is 4. The van der Waals surface area contributed by atoms with E-state index in [1.165, 1.54) is 42.5 Å². The van der Waals surface area contributed by atoms with Crippen LogP contribution in [0.2, 0.25) is 0 Å². The summed E-state index contributed by atoms with van der Waals surface area (Å²) in [6.07, 6.45) is 0. The number of non-ortho nitro benzene ring substituents is 1. The maximum absolute atomic E-state index is 10.7. The Morgan fingerprint density at radius 1 is 0.905 bits per heavy atom. The van der Waals surface area contributed by atoms with Gasteiger partial charge in [0.1, 0.15) is 5.69 Å². The van der Waals surface area contributed by atoms with E-state index in [9.17, 15) is 20.2 Å². The van der Waals surface area contributed by atoms with Gasteiger partial charge >= 0.3 is 0 Å². The molecular weight excluding hydrogens is 278 g/mol. The number of hydrogen-bond acceptors (Lipinski definition) is 7. The van der Waals surface area contributed by atoms with Crippen LogP contribution < -0.4 is 5.73 Å². The Bertz CT molecular complexity index is 744. The molecule has 0 unspecified atom stereocenters. The molecule has 2 aromatic carbocycles. The number of nitro groups is 2. The molecule has 0 bridgehead atoms. The molecule has 2 N–H and O–H groups in total. The molecule has 0 aromatic heterocycles. The number of benzene rings is 2. The van der Waals surface area contributed by atoms with E-state index < -0.39 is 9.85 Å². The standard InChI is InChI=1S/C12H9N5O4/c13-11-5-4-9(7-12(11)17(20)21)15-14-8-2-1-3-10(6-8)16(18)19/h1-7H,13H2/b15-14+. The van der Waals surface area contributed by atoms with Crippen molar-refractivity contribution in [2.45, 2.75) is 0 Å². The van der Waals surface area contributed by atoms with Crippen LogP contribution in [0, 0.1) is 20.2 Å². The van der Waals surface area contributed by atoms with Crippen LogP contribution in [0.15, 0.2) is 52.7 Å². The average molecular weight is 287 g/mol. The summed E-state index contributed by atoms with van der Waals surface area (Å²) in [7, 11) is 0. The third kappa shape index (κ3) is 3.35. The average Bonchev–Trinajstić information content (AvgIpc) is 2.46. The third-order valence-electron chi connectivity index (χ3n) is 2.53. The predicted molar refractivity (Wildman–Crippen MR) is 74.8 cm³/mol. The van der Waals surface area contributed by atoms with Gasteiger partial charge in [0.05, 0.1) is 21.2 Å². The number of nitrogen functional groups attached to an aromatic ring is 1. The first-order chi connectivity index (χ1) is 9.97.